The predicted octanol–water partition coefficient (Wildman–Crippen LogP) is 5.11. The van der Waals surface area contributed by atoms with Gasteiger partial charge >= 0.3 is 0 Å². The molecule has 112 valence electrons. The third-order valence-corrected chi connectivity index (χ3v) is 3.10. The van der Waals surface area contributed by atoms with Crippen LogP contribution in [0.25, 0.3) is 11.0 Å². The molecule has 23 heavy (non-hydrogen) atoms. The molecule has 3 nitrogen and oxygen atoms in total. The van der Waals surface area contributed by atoms with Crippen molar-refractivity contribution in [3.8, 4) is 11.5 Å². The van der Waals surface area contributed by atoms with E-state index in [0.29, 0.717) is 0 Å². The third kappa shape index (κ3) is 4.38. The second-order valence-corrected chi connectivity index (χ2v) is 4.77. The van der Waals surface area contributed by atoms with Crippen LogP contribution in [0.15, 0.2) is 97.3 Å². The molecule has 0 N–H and O–H groups in total. The number of aromatic nitrogens is 2. The number of nitrogens with zero attached hydrogens (tertiary/aromatic N) is 2. The molecular weight excluding hydrogens is 284 g/mol. The van der Waals surface area contributed by atoms with Crippen LogP contribution in [0.3, 0.4) is 0 Å². The molecule has 0 spiro atoms. The minimum atomic E-state index is 0.869. The van der Waals surface area contributed by atoms with Crippen molar-refractivity contribution in [3.05, 3.63) is 97.3 Å². The van der Waals surface area contributed by atoms with E-state index in [2.05, 4.69) is 9.97 Å². The highest BCUT2D eigenvalue weighted by Crippen LogP contribution is 2.19. The summed E-state index contributed by atoms with van der Waals surface area (Å²) in [6.07, 6.45) is 3.39. The Morgan fingerprint density at radius 3 is 1.30 bits per heavy atom. The summed E-state index contributed by atoms with van der Waals surface area (Å²) in [5.41, 5.74) is 1.90. The van der Waals surface area contributed by atoms with Crippen LogP contribution in [-0.4, -0.2) is 9.97 Å². The van der Waals surface area contributed by atoms with E-state index < -0.39 is 0 Å². The Morgan fingerprint density at radius 2 is 0.870 bits per heavy atom. The van der Waals surface area contributed by atoms with Gasteiger partial charge in [-0.15, -0.1) is 0 Å². The molecule has 4 rings (SSSR count). The molecule has 0 aliphatic carbocycles. The Morgan fingerprint density at radius 1 is 0.478 bits per heavy atom. The predicted molar refractivity (Wildman–Crippen MR) is 92.5 cm³/mol. The monoisotopic (exact) mass is 300 g/mol. The minimum Gasteiger partial charge on any atom is -0.457 e. The summed E-state index contributed by atoms with van der Waals surface area (Å²) >= 11 is 0. The first-order valence-electron chi connectivity index (χ1n) is 7.35. The maximum absolute atomic E-state index is 5.58. The second-order valence-electron chi connectivity index (χ2n) is 4.77. The van der Waals surface area contributed by atoms with Gasteiger partial charge in [0.15, 0.2) is 0 Å². The number of benzene rings is 3. The van der Waals surface area contributed by atoms with Crippen LogP contribution in [0.2, 0.25) is 0 Å². The van der Waals surface area contributed by atoms with Gasteiger partial charge in [0.05, 0.1) is 11.0 Å². The van der Waals surface area contributed by atoms with Gasteiger partial charge in [-0.05, 0) is 36.4 Å². The fraction of sp³-hybridized carbons (Fsp3) is 0. The van der Waals surface area contributed by atoms with Crippen molar-refractivity contribution >= 4 is 11.0 Å². The van der Waals surface area contributed by atoms with Crippen LogP contribution >= 0.6 is 0 Å². The summed E-state index contributed by atoms with van der Waals surface area (Å²) in [4.78, 5) is 8.24. The van der Waals surface area contributed by atoms with Crippen molar-refractivity contribution in [1.82, 2.24) is 9.97 Å². The zero-order valence-electron chi connectivity index (χ0n) is 12.5. The van der Waals surface area contributed by atoms with Gasteiger partial charge in [-0.1, -0.05) is 48.5 Å². The zero-order chi connectivity index (χ0) is 15.7. The van der Waals surface area contributed by atoms with Gasteiger partial charge in [-0.2, -0.15) is 0 Å². The van der Waals surface area contributed by atoms with E-state index in [4.69, 9.17) is 4.74 Å². The van der Waals surface area contributed by atoms with Gasteiger partial charge in [0.2, 0.25) is 0 Å². The number of rotatable bonds is 2. The van der Waals surface area contributed by atoms with E-state index in [1.807, 2.05) is 84.9 Å². The largest absolute Gasteiger partial charge is 0.457 e. The molecule has 0 atom stereocenters. The first kappa shape index (κ1) is 14.7. The summed E-state index contributed by atoms with van der Waals surface area (Å²) in [6.45, 7) is 0. The van der Waals surface area contributed by atoms with Crippen molar-refractivity contribution < 1.29 is 4.74 Å². The Balaban J connectivity index is 0.000000140. The summed E-state index contributed by atoms with van der Waals surface area (Å²) in [5.74, 6) is 1.74. The summed E-state index contributed by atoms with van der Waals surface area (Å²) in [6, 6.07) is 27.3. The molecule has 0 fully saturated rings. The van der Waals surface area contributed by atoms with E-state index >= 15 is 0 Å². The van der Waals surface area contributed by atoms with Gasteiger partial charge in [-0.3, -0.25) is 9.97 Å². The number of hydrogen-bond acceptors (Lipinski definition) is 3. The lowest BCUT2D eigenvalue weighted by molar-refractivity contribution is 0.482. The lowest BCUT2D eigenvalue weighted by Gasteiger charge is -2.03. The Labute approximate surface area is 135 Å². The Kier molecular flexibility index (Phi) is 4.93. The second kappa shape index (κ2) is 7.71. The highest BCUT2D eigenvalue weighted by molar-refractivity contribution is 5.72. The maximum atomic E-state index is 5.58. The van der Waals surface area contributed by atoms with Gasteiger partial charge in [0.25, 0.3) is 0 Å². The van der Waals surface area contributed by atoms with E-state index in [9.17, 15) is 0 Å². The first-order valence-corrected chi connectivity index (χ1v) is 7.35. The highest BCUT2D eigenvalue weighted by Gasteiger charge is 1.92. The van der Waals surface area contributed by atoms with Crippen molar-refractivity contribution in [1.29, 1.82) is 0 Å². The van der Waals surface area contributed by atoms with E-state index in [1.54, 1.807) is 12.4 Å². The average Bonchev–Trinajstić information content (AvgIpc) is 2.64. The third-order valence-electron chi connectivity index (χ3n) is 3.10. The molecule has 4 aromatic rings. The molecular formula is C20H16N2O. The SMILES string of the molecule is c1ccc(Oc2ccccc2)cc1.c1ccc2nccnc2c1. The highest BCUT2D eigenvalue weighted by atomic mass is 16.5. The van der Waals surface area contributed by atoms with E-state index in [0.717, 1.165) is 22.5 Å². The molecule has 3 heteroatoms. The van der Waals surface area contributed by atoms with Crippen LogP contribution in [0.4, 0.5) is 0 Å². The summed E-state index contributed by atoms with van der Waals surface area (Å²) in [7, 11) is 0. The quantitative estimate of drug-likeness (QED) is 0.516. The van der Waals surface area contributed by atoms with Crippen molar-refractivity contribution in [2.45, 2.75) is 0 Å². The molecule has 0 radical (unpaired) electrons. The van der Waals surface area contributed by atoms with Gasteiger partial charge in [0, 0.05) is 12.4 Å². The average molecular weight is 300 g/mol. The lowest BCUT2D eigenvalue weighted by Crippen LogP contribution is -1.81. The van der Waals surface area contributed by atoms with Crippen molar-refractivity contribution in [2.75, 3.05) is 0 Å². The van der Waals surface area contributed by atoms with Crippen LogP contribution in [-0.2, 0) is 0 Å². The van der Waals surface area contributed by atoms with Crippen LogP contribution in [0.5, 0.6) is 11.5 Å². The molecule has 1 heterocycles. The lowest BCUT2D eigenvalue weighted by atomic mass is 10.3. The van der Waals surface area contributed by atoms with E-state index in [-0.39, 0.29) is 0 Å². The van der Waals surface area contributed by atoms with Gasteiger partial charge in [-0.25, -0.2) is 0 Å². The smallest absolute Gasteiger partial charge is 0.127 e. The van der Waals surface area contributed by atoms with Crippen molar-refractivity contribution in [2.24, 2.45) is 0 Å². The van der Waals surface area contributed by atoms with Crippen LogP contribution in [0.1, 0.15) is 0 Å². The standard InChI is InChI=1S/C12H10O.C8H6N2/c1-3-7-11(8-4-1)13-12-9-5-2-6-10-12;1-2-4-8-7(3-1)9-5-6-10-8/h1-10H;1-6H. The summed E-state index contributed by atoms with van der Waals surface area (Å²) < 4.78 is 5.58. The molecule has 0 saturated heterocycles. The minimum absolute atomic E-state index is 0.869. The van der Waals surface area contributed by atoms with E-state index in [1.165, 1.54) is 0 Å². The molecule has 0 aliphatic heterocycles. The molecule has 0 unspecified atom stereocenters. The zero-order valence-corrected chi connectivity index (χ0v) is 12.5. The normalized spacial score (nSPS) is 9.74. The number of para-hydroxylation sites is 4. The van der Waals surface area contributed by atoms with Crippen LogP contribution < -0.4 is 4.74 Å². The maximum Gasteiger partial charge on any atom is 0.127 e. The molecule has 1 aromatic heterocycles. The van der Waals surface area contributed by atoms with Gasteiger partial charge in [0.1, 0.15) is 11.5 Å². The fourth-order valence-electron chi connectivity index (χ4n) is 2.02. The number of ether oxygens (including phenoxy) is 1. The molecule has 0 bridgehead atoms. The topological polar surface area (TPSA) is 35.0 Å². The fourth-order valence-corrected chi connectivity index (χ4v) is 2.02. The Bertz CT molecular complexity index is 746. The Hall–Kier alpha value is -3.20. The van der Waals surface area contributed by atoms with Gasteiger partial charge < -0.3 is 4.74 Å². The molecule has 3 aromatic carbocycles. The van der Waals surface area contributed by atoms with Crippen LogP contribution in [0, 0.1) is 0 Å². The van der Waals surface area contributed by atoms with Crippen molar-refractivity contribution in [3.63, 3.8) is 0 Å². The summed E-state index contributed by atoms with van der Waals surface area (Å²) in [5, 5.41) is 0. The molecule has 0 aliphatic rings. The number of fused-ring (bicyclic) bond motifs is 1. The molecule has 0 amide bonds. The first-order chi connectivity index (χ1) is 11.4. The number of hydrogen-bond donors (Lipinski definition) is 0. The molecule has 0 saturated carbocycles.